The normalized spacial score (nSPS) is 22.4. The standard InChI is InChI=1S/C8H6OS/c9-6-5-7-3-1-2-4-8(7)10/h1-5,7H. The minimum atomic E-state index is -0.0162. The largest absolute Gasteiger partial charge is 0.234 e. The van der Waals surface area contributed by atoms with Crippen LogP contribution in [0.4, 0.5) is 0 Å². The molecule has 1 unspecified atom stereocenters. The number of hydrogen-bond acceptors (Lipinski definition) is 2. The maximum atomic E-state index is 9.92. The van der Waals surface area contributed by atoms with Gasteiger partial charge in [-0.05, 0) is 6.08 Å². The monoisotopic (exact) mass is 150 g/mol. The van der Waals surface area contributed by atoms with Gasteiger partial charge >= 0.3 is 0 Å². The first-order chi connectivity index (χ1) is 4.84. The summed E-state index contributed by atoms with van der Waals surface area (Å²) in [5, 5.41) is 0. The Kier molecular flexibility index (Phi) is 2.32. The van der Waals surface area contributed by atoms with Crippen LogP contribution in [0.15, 0.2) is 30.4 Å². The first kappa shape index (κ1) is 7.13. The highest BCUT2D eigenvalue weighted by molar-refractivity contribution is 7.80. The third-order valence-corrected chi connectivity index (χ3v) is 1.67. The Morgan fingerprint density at radius 2 is 2.40 bits per heavy atom. The molecule has 0 fully saturated rings. The fourth-order valence-electron chi connectivity index (χ4n) is 0.751. The zero-order chi connectivity index (χ0) is 7.40. The Morgan fingerprint density at radius 3 is 3.00 bits per heavy atom. The van der Waals surface area contributed by atoms with Gasteiger partial charge in [-0.1, -0.05) is 30.4 Å². The van der Waals surface area contributed by atoms with Crippen LogP contribution in [-0.4, -0.2) is 10.8 Å². The van der Waals surface area contributed by atoms with E-state index in [1.165, 1.54) is 6.08 Å². The number of carbonyl (C=O) groups excluding carboxylic acids is 1. The van der Waals surface area contributed by atoms with E-state index >= 15 is 0 Å². The minimum Gasteiger partial charge on any atom is -0.234 e. The summed E-state index contributed by atoms with van der Waals surface area (Å²) >= 11 is 4.94. The molecule has 0 heterocycles. The Hall–Kier alpha value is -0.980. The summed E-state index contributed by atoms with van der Waals surface area (Å²) in [5.41, 5.74) is 0. The molecular weight excluding hydrogens is 144 g/mol. The summed E-state index contributed by atoms with van der Waals surface area (Å²) in [6, 6.07) is 0. The predicted octanol–water partition coefficient (Wildman–Crippen LogP) is 1.49. The van der Waals surface area contributed by atoms with Gasteiger partial charge < -0.3 is 0 Å². The maximum absolute atomic E-state index is 9.92. The highest BCUT2D eigenvalue weighted by atomic mass is 32.1. The summed E-state index contributed by atoms with van der Waals surface area (Å²) < 4.78 is 0. The molecule has 1 aliphatic rings. The van der Waals surface area contributed by atoms with Crippen LogP contribution < -0.4 is 0 Å². The van der Waals surface area contributed by atoms with E-state index in [1.807, 2.05) is 24.3 Å². The van der Waals surface area contributed by atoms with Gasteiger partial charge in [0.05, 0.1) is 0 Å². The summed E-state index contributed by atoms with van der Waals surface area (Å²) in [4.78, 5) is 10.7. The lowest BCUT2D eigenvalue weighted by Crippen LogP contribution is -2.05. The topological polar surface area (TPSA) is 17.1 Å². The molecule has 0 aromatic carbocycles. The predicted molar refractivity (Wildman–Crippen MR) is 44.6 cm³/mol. The second kappa shape index (κ2) is 3.25. The van der Waals surface area contributed by atoms with Crippen LogP contribution in [0, 0.1) is 5.92 Å². The molecule has 0 saturated carbocycles. The molecule has 1 nitrogen and oxygen atoms in total. The highest BCUT2D eigenvalue weighted by Gasteiger charge is 2.06. The fourth-order valence-corrected chi connectivity index (χ4v) is 0.976. The molecule has 1 rings (SSSR count). The van der Waals surface area contributed by atoms with Crippen molar-refractivity contribution in [2.75, 3.05) is 0 Å². The van der Waals surface area contributed by atoms with Crippen LogP contribution in [0.1, 0.15) is 0 Å². The zero-order valence-corrected chi connectivity index (χ0v) is 6.10. The van der Waals surface area contributed by atoms with Crippen molar-refractivity contribution in [1.82, 2.24) is 0 Å². The van der Waals surface area contributed by atoms with E-state index in [0.717, 1.165) is 4.86 Å². The minimum absolute atomic E-state index is 0.0162. The molecule has 0 bridgehead atoms. The van der Waals surface area contributed by atoms with E-state index in [1.54, 1.807) is 5.94 Å². The van der Waals surface area contributed by atoms with E-state index < -0.39 is 0 Å². The van der Waals surface area contributed by atoms with Gasteiger partial charge in [-0.15, -0.1) is 0 Å². The van der Waals surface area contributed by atoms with Gasteiger partial charge in [-0.25, -0.2) is 4.79 Å². The van der Waals surface area contributed by atoms with Crippen molar-refractivity contribution in [1.29, 1.82) is 0 Å². The lowest BCUT2D eigenvalue weighted by atomic mass is 10.0. The van der Waals surface area contributed by atoms with Crippen LogP contribution in [0.5, 0.6) is 0 Å². The first-order valence-corrected chi connectivity index (χ1v) is 3.35. The average Bonchev–Trinajstić information content (AvgIpc) is 1.94. The van der Waals surface area contributed by atoms with E-state index in [0.29, 0.717) is 0 Å². The molecule has 0 aliphatic heterocycles. The molecular formula is C8H6OS. The average molecular weight is 150 g/mol. The van der Waals surface area contributed by atoms with Gasteiger partial charge in [-0.2, -0.15) is 0 Å². The van der Waals surface area contributed by atoms with Crippen molar-refractivity contribution in [3.8, 4) is 0 Å². The third-order valence-electron chi connectivity index (χ3n) is 1.27. The Morgan fingerprint density at radius 1 is 1.60 bits per heavy atom. The fraction of sp³-hybridized carbons (Fsp3) is 0.125. The molecule has 1 aliphatic carbocycles. The summed E-state index contributed by atoms with van der Waals surface area (Å²) in [5.74, 6) is 1.70. The van der Waals surface area contributed by atoms with Crippen molar-refractivity contribution in [3.63, 3.8) is 0 Å². The van der Waals surface area contributed by atoms with Crippen LogP contribution >= 0.6 is 12.2 Å². The lowest BCUT2D eigenvalue weighted by Gasteiger charge is -2.05. The number of hydrogen-bond donors (Lipinski definition) is 0. The highest BCUT2D eigenvalue weighted by Crippen LogP contribution is 2.09. The molecule has 50 valence electrons. The van der Waals surface area contributed by atoms with Crippen molar-refractivity contribution < 1.29 is 4.79 Å². The van der Waals surface area contributed by atoms with Gasteiger partial charge in [-0.3, -0.25) is 0 Å². The zero-order valence-electron chi connectivity index (χ0n) is 5.28. The lowest BCUT2D eigenvalue weighted by molar-refractivity contribution is 0.568. The molecule has 0 N–H and O–H groups in total. The molecule has 10 heavy (non-hydrogen) atoms. The Balaban J connectivity index is 2.79. The molecule has 0 amide bonds. The second-order valence-electron chi connectivity index (χ2n) is 1.96. The van der Waals surface area contributed by atoms with Gasteiger partial charge in [0.1, 0.15) is 5.94 Å². The molecule has 0 saturated heterocycles. The molecule has 0 aromatic heterocycles. The maximum Gasteiger partial charge on any atom is 0.121 e. The SMILES string of the molecule is O=C=CC1C=CC=CC1=S. The third kappa shape index (κ3) is 1.50. The quantitative estimate of drug-likeness (QED) is 0.416. The molecule has 0 spiro atoms. The molecule has 0 aromatic rings. The van der Waals surface area contributed by atoms with Gasteiger partial charge in [0.25, 0.3) is 0 Å². The van der Waals surface area contributed by atoms with Crippen LogP contribution in [0.3, 0.4) is 0 Å². The number of allylic oxidation sites excluding steroid dienone is 5. The smallest absolute Gasteiger partial charge is 0.121 e. The Labute approximate surface area is 64.7 Å². The van der Waals surface area contributed by atoms with E-state index in [9.17, 15) is 4.79 Å². The van der Waals surface area contributed by atoms with Crippen LogP contribution in [-0.2, 0) is 4.79 Å². The molecule has 0 radical (unpaired) electrons. The number of thiocarbonyl (C=S) groups is 1. The summed E-state index contributed by atoms with van der Waals surface area (Å²) in [6.45, 7) is 0. The molecule has 1 atom stereocenters. The first-order valence-electron chi connectivity index (χ1n) is 2.94. The van der Waals surface area contributed by atoms with Gasteiger partial charge in [0, 0.05) is 16.9 Å². The summed E-state index contributed by atoms with van der Waals surface area (Å²) in [7, 11) is 0. The van der Waals surface area contributed by atoms with Crippen molar-refractivity contribution in [2.45, 2.75) is 0 Å². The van der Waals surface area contributed by atoms with Crippen LogP contribution in [0.2, 0.25) is 0 Å². The van der Waals surface area contributed by atoms with Gasteiger partial charge in [0.2, 0.25) is 0 Å². The van der Waals surface area contributed by atoms with Crippen molar-refractivity contribution >= 4 is 23.0 Å². The second-order valence-corrected chi connectivity index (χ2v) is 2.43. The van der Waals surface area contributed by atoms with Crippen molar-refractivity contribution in [2.24, 2.45) is 5.92 Å². The van der Waals surface area contributed by atoms with Crippen LogP contribution in [0.25, 0.3) is 0 Å². The number of rotatable bonds is 1. The van der Waals surface area contributed by atoms with Crippen molar-refractivity contribution in [3.05, 3.63) is 30.4 Å². The molecule has 2 heteroatoms. The Bertz CT molecular complexity index is 244. The van der Waals surface area contributed by atoms with E-state index in [4.69, 9.17) is 12.2 Å². The summed E-state index contributed by atoms with van der Waals surface area (Å²) in [6.07, 6.45) is 8.83. The van der Waals surface area contributed by atoms with E-state index in [2.05, 4.69) is 0 Å². The van der Waals surface area contributed by atoms with E-state index in [-0.39, 0.29) is 5.92 Å². The van der Waals surface area contributed by atoms with Gasteiger partial charge in [0.15, 0.2) is 0 Å².